The zero-order valence-corrected chi connectivity index (χ0v) is 17.8. The number of rotatable bonds is 9. The largest absolute Gasteiger partial charge is 0.378 e. The van der Waals surface area contributed by atoms with E-state index in [1.807, 2.05) is 13.8 Å². The van der Waals surface area contributed by atoms with Crippen LogP contribution in [0.25, 0.3) is 0 Å². The van der Waals surface area contributed by atoms with Gasteiger partial charge in [-0.05, 0) is 64.7 Å². The van der Waals surface area contributed by atoms with Gasteiger partial charge in [0.1, 0.15) is 5.78 Å². The fourth-order valence-electron chi connectivity index (χ4n) is 4.17. The van der Waals surface area contributed by atoms with Crippen LogP contribution in [0.15, 0.2) is 0 Å². The highest BCUT2D eigenvalue weighted by Gasteiger charge is 2.25. The number of Topliss-reactive ketones (excluding diaryl/α,β-unsaturated/α-hetero) is 1. The monoisotopic (exact) mass is 394 g/mol. The Morgan fingerprint density at radius 1 is 0.893 bits per heavy atom. The Labute approximate surface area is 169 Å². The van der Waals surface area contributed by atoms with Gasteiger partial charge in [0.2, 0.25) is 11.8 Å². The van der Waals surface area contributed by atoms with Gasteiger partial charge in [-0.3, -0.25) is 14.4 Å². The Morgan fingerprint density at radius 2 is 1.46 bits per heavy atom. The number of hydrogen-bond donors (Lipinski definition) is 2. The first-order chi connectivity index (χ1) is 13.3. The van der Waals surface area contributed by atoms with Crippen LogP contribution >= 0.6 is 0 Å². The first-order valence-corrected chi connectivity index (χ1v) is 11.1. The predicted molar refractivity (Wildman–Crippen MR) is 109 cm³/mol. The van der Waals surface area contributed by atoms with Gasteiger partial charge < -0.3 is 15.4 Å². The van der Waals surface area contributed by atoms with Crippen molar-refractivity contribution in [1.82, 2.24) is 10.6 Å². The van der Waals surface area contributed by atoms with E-state index in [1.54, 1.807) is 6.92 Å². The van der Waals surface area contributed by atoms with Crippen LogP contribution in [0.3, 0.4) is 0 Å². The third-order valence-electron chi connectivity index (χ3n) is 6.11. The molecule has 6 heteroatoms. The first-order valence-electron chi connectivity index (χ1n) is 11.1. The molecule has 0 bridgehead atoms. The minimum Gasteiger partial charge on any atom is -0.378 e. The van der Waals surface area contributed by atoms with E-state index in [4.69, 9.17) is 4.74 Å². The van der Waals surface area contributed by atoms with Crippen LogP contribution < -0.4 is 10.6 Å². The smallest absolute Gasteiger partial charge is 0.222 e. The zero-order chi connectivity index (χ0) is 20.5. The van der Waals surface area contributed by atoms with Crippen LogP contribution in [-0.2, 0) is 19.1 Å². The molecule has 2 fully saturated rings. The topological polar surface area (TPSA) is 84.5 Å². The Balaban J connectivity index is 1.51. The maximum absolute atomic E-state index is 12.1. The molecular weight excluding hydrogens is 356 g/mol. The lowest BCUT2D eigenvalue weighted by Crippen LogP contribution is -2.41. The Hall–Kier alpha value is -1.43. The van der Waals surface area contributed by atoms with Gasteiger partial charge in [0, 0.05) is 36.9 Å². The lowest BCUT2D eigenvalue weighted by atomic mass is 9.84. The summed E-state index contributed by atoms with van der Waals surface area (Å²) >= 11 is 0. The van der Waals surface area contributed by atoms with Gasteiger partial charge in [-0.2, -0.15) is 0 Å². The van der Waals surface area contributed by atoms with Gasteiger partial charge in [-0.15, -0.1) is 0 Å². The van der Waals surface area contributed by atoms with Gasteiger partial charge in [0.25, 0.3) is 0 Å². The predicted octanol–water partition coefficient (Wildman–Crippen LogP) is 3.13. The third kappa shape index (κ3) is 7.90. The van der Waals surface area contributed by atoms with E-state index < -0.39 is 0 Å². The highest BCUT2D eigenvalue weighted by atomic mass is 16.5. The van der Waals surface area contributed by atoms with Gasteiger partial charge >= 0.3 is 0 Å². The molecule has 0 aromatic rings. The van der Waals surface area contributed by atoms with E-state index in [9.17, 15) is 14.4 Å². The van der Waals surface area contributed by atoms with Crippen molar-refractivity contribution in [3.05, 3.63) is 0 Å². The SMILES string of the molecule is CC(=O)C1CCC(NC(=O)CCCOC2CCC(NC(=O)C(C)C)CC2)CC1. The highest BCUT2D eigenvalue weighted by Crippen LogP contribution is 2.25. The Morgan fingerprint density at radius 3 is 2.04 bits per heavy atom. The van der Waals surface area contributed by atoms with Gasteiger partial charge in [-0.25, -0.2) is 0 Å². The van der Waals surface area contributed by atoms with Crippen molar-refractivity contribution in [3.63, 3.8) is 0 Å². The minimum absolute atomic E-state index is 0.0318. The molecule has 0 unspecified atom stereocenters. The molecule has 160 valence electrons. The second-order valence-corrected chi connectivity index (χ2v) is 8.84. The number of ketones is 1. The molecule has 0 spiro atoms. The maximum Gasteiger partial charge on any atom is 0.222 e. The number of ether oxygens (including phenoxy) is 1. The quantitative estimate of drug-likeness (QED) is 0.589. The highest BCUT2D eigenvalue weighted by molar-refractivity contribution is 5.79. The normalized spacial score (nSPS) is 28.0. The van der Waals surface area contributed by atoms with E-state index in [0.29, 0.717) is 13.0 Å². The molecule has 2 aliphatic rings. The standard InChI is InChI=1S/C22H38N2O4/c1-15(2)22(27)24-19-10-12-20(13-11-19)28-14-4-5-21(26)23-18-8-6-17(7-9-18)16(3)25/h15,17-20H,4-14H2,1-3H3,(H,23,26)(H,24,27). The van der Waals surface area contributed by atoms with Crippen LogP contribution in [0.5, 0.6) is 0 Å². The van der Waals surface area contributed by atoms with Crippen LogP contribution in [-0.4, -0.2) is 42.4 Å². The molecule has 0 atom stereocenters. The van der Waals surface area contributed by atoms with Crippen molar-refractivity contribution in [2.75, 3.05) is 6.61 Å². The molecule has 0 aromatic heterocycles. The molecule has 0 heterocycles. The van der Waals surface area contributed by atoms with Crippen LogP contribution in [0.4, 0.5) is 0 Å². The number of carbonyl (C=O) groups is 3. The van der Waals surface area contributed by atoms with Crippen molar-refractivity contribution < 1.29 is 19.1 Å². The van der Waals surface area contributed by atoms with Crippen molar-refractivity contribution in [3.8, 4) is 0 Å². The Bertz CT molecular complexity index is 519. The molecule has 0 radical (unpaired) electrons. The first kappa shape index (κ1) is 22.9. The number of amides is 2. The van der Waals surface area contributed by atoms with Crippen LogP contribution in [0.1, 0.15) is 85.0 Å². The second-order valence-electron chi connectivity index (χ2n) is 8.84. The van der Waals surface area contributed by atoms with E-state index in [2.05, 4.69) is 10.6 Å². The average molecular weight is 395 g/mol. The van der Waals surface area contributed by atoms with E-state index in [-0.39, 0.29) is 47.6 Å². The minimum atomic E-state index is 0.0318. The summed E-state index contributed by atoms with van der Waals surface area (Å²) in [6, 6.07) is 0.499. The maximum atomic E-state index is 12.1. The summed E-state index contributed by atoms with van der Waals surface area (Å²) in [5, 5.41) is 6.21. The number of carbonyl (C=O) groups excluding carboxylic acids is 3. The van der Waals surface area contributed by atoms with Crippen molar-refractivity contribution in [2.45, 2.75) is 103 Å². The fraction of sp³-hybridized carbons (Fsp3) is 0.864. The third-order valence-corrected chi connectivity index (χ3v) is 6.11. The molecule has 0 aromatic carbocycles. The van der Waals surface area contributed by atoms with E-state index >= 15 is 0 Å². The Kier molecular flexibility index (Phi) is 9.42. The van der Waals surface area contributed by atoms with Gasteiger partial charge in [0.15, 0.2) is 0 Å². The summed E-state index contributed by atoms with van der Waals surface area (Å²) in [5.41, 5.74) is 0. The molecule has 2 aliphatic carbocycles. The van der Waals surface area contributed by atoms with Gasteiger partial charge in [0.05, 0.1) is 6.10 Å². The summed E-state index contributed by atoms with van der Waals surface area (Å²) in [6.07, 6.45) is 8.93. The van der Waals surface area contributed by atoms with E-state index in [1.165, 1.54) is 0 Å². The van der Waals surface area contributed by atoms with E-state index in [0.717, 1.165) is 57.8 Å². The number of hydrogen-bond acceptors (Lipinski definition) is 4. The molecule has 28 heavy (non-hydrogen) atoms. The second kappa shape index (κ2) is 11.5. The van der Waals surface area contributed by atoms with Crippen molar-refractivity contribution in [1.29, 1.82) is 0 Å². The van der Waals surface area contributed by atoms with Gasteiger partial charge in [-0.1, -0.05) is 13.8 Å². The molecular formula is C22H38N2O4. The van der Waals surface area contributed by atoms with Crippen LogP contribution in [0, 0.1) is 11.8 Å². The molecule has 2 rings (SSSR count). The lowest BCUT2D eigenvalue weighted by Gasteiger charge is -2.29. The van der Waals surface area contributed by atoms with Crippen molar-refractivity contribution in [2.24, 2.45) is 11.8 Å². The number of nitrogens with one attached hydrogen (secondary N) is 2. The average Bonchev–Trinajstić information content (AvgIpc) is 2.66. The lowest BCUT2D eigenvalue weighted by molar-refractivity contribution is -0.125. The molecule has 6 nitrogen and oxygen atoms in total. The molecule has 2 saturated carbocycles. The molecule has 2 amide bonds. The summed E-state index contributed by atoms with van der Waals surface area (Å²) in [4.78, 5) is 35.3. The summed E-state index contributed by atoms with van der Waals surface area (Å²) in [6.45, 7) is 6.10. The summed E-state index contributed by atoms with van der Waals surface area (Å²) < 4.78 is 5.93. The zero-order valence-electron chi connectivity index (χ0n) is 17.8. The van der Waals surface area contributed by atoms with Crippen molar-refractivity contribution >= 4 is 17.6 Å². The summed E-state index contributed by atoms with van der Waals surface area (Å²) in [7, 11) is 0. The fourth-order valence-corrected chi connectivity index (χ4v) is 4.17. The molecule has 0 aliphatic heterocycles. The summed E-state index contributed by atoms with van der Waals surface area (Å²) in [5.74, 6) is 0.720. The molecule has 0 saturated heterocycles. The molecule has 2 N–H and O–H groups in total. The van der Waals surface area contributed by atoms with Crippen LogP contribution in [0.2, 0.25) is 0 Å².